The molecule has 2 aliphatic heterocycles. The van der Waals surface area contributed by atoms with Crippen LogP contribution in [0, 0.1) is 0 Å². The van der Waals surface area contributed by atoms with Crippen LogP contribution in [0.5, 0.6) is 17.2 Å². The minimum absolute atomic E-state index is 0.715. The summed E-state index contributed by atoms with van der Waals surface area (Å²) in [6, 6.07) is 17.7. The number of nitrogens with zero attached hydrogens (tertiary/aromatic N) is 3. The summed E-state index contributed by atoms with van der Waals surface area (Å²) in [5.41, 5.74) is 0. The van der Waals surface area contributed by atoms with Crippen LogP contribution >= 0.6 is 0 Å². The van der Waals surface area contributed by atoms with Crippen LogP contribution in [-0.4, -0.2) is 93.4 Å². The van der Waals surface area contributed by atoms with E-state index in [0.29, 0.717) is 6.61 Å². The van der Waals surface area contributed by atoms with Crippen molar-refractivity contribution in [2.24, 2.45) is 0 Å². The largest absolute Gasteiger partial charge is 0.492 e. The van der Waals surface area contributed by atoms with E-state index in [1.54, 1.807) is 0 Å². The second-order valence-electron chi connectivity index (χ2n) is 7.87. The van der Waals surface area contributed by atoms with Gasteiger partial charge in [-0.05, 0) is 36.4 Å². The molecule has 0 amide bonds. The fourth-order valence-corrected chi connectivity index (χ4v) is 3.87. The van der Waals surface area contributed by atoms with Crippen LogP contribution in [0.4, 0.5) is 0 Å². The molecule has 162 valence electrons. The maximum atomic E-state index is 5.94. The van der Waals surface area contributed by atoms with Gasteiger partial charge in [-0.3, -0.25) is 14.7 Å². The van der Waals surface area contributed by atoms with Crippen LogP contribution in [-0.2, 0) is 4.74 Å². The SMILES string of the molecule is c1ccc(Oc2ccc(OCCN3CCN(CCN4CCOCC4)CC3)cc2)cc1. The van der Waals surface area contributed by atoms with Crippen molar-refractivity contribution in [3.63, 3.8) is 0 Å². The predicted octanol–water partition coefficient (Wildman–Crippen LogP) is 2.81. The van der Waals surface area contributed by atoms with Crippen molar-refractivity contribution < 1.29 is 14.2 Å². The summed E-state index contributed by atoms with van der Waals surface area (Å²) >= 11 is 0. The van der Waals surface area contributed by atoms with Gasteiger partial charge >= 0.3 is 0 Å². The Balaban J connectivity index is 1.10. The molecule has 6 heteroatoms. The third kappa shape index (κ3) is 6.71. The molecule has 6 nitrogen and oxygen atoms in total. The molecule has 2 aromatic carbocycles. The number of ether oxygens (including phenoxy) is 3. The monoisotopic (exact) mass is 411 g/mol. The molecule has 30 heavy (non-hydrogen) atoms. The number of rotatable bonds is 9. The van der Waals surface area contributed by atoms with E-state index in [1.165, 1.54) is 6.54 Å². The lowest BCUT2D eigenvalue weighted by Gasteiger charge is -2.36. The molecule has 0 unspecified atom stereocenters. The Labute approximate surface area is 179 Å². The molecule has 2 aliphatic rings. The fraction of sp³-hybridized carbons (Fsp3) is 0.500. The number of para-hydroxylation sites is 1. The Bertz CT molecular complexity index is 727. The summed E-state index contributed by atoms with van der Waals surface area (Å²) in [6.07, 6.45) is 0. The van der Waals surface area contributed by atoms with E-state index in [9.17, 15) is 0 Å². The average molecular weight is 412 g/mol. The Morgan fingerprint density at radius 3 is 1.80 bits per heavy atom. The molecule has 2 aromatic rings. The van der Waals surface area contributed by atoms with Gasteiger partial charge in [-0.2, -0.15) is 0 Å². The van der Waals surface area contributed by atoms with Crippen molar-refractivity contribution >= 4 is 0 Å². The molecule has 0 saturated carbocycles. The van der Waals surface area contributed by atoms with Crippen LogP contribution in [0.15, 0.2) is 54.6 Å². The van der Waals surface area contributed by atoms with Gasteiger partial charge in [-0.15, -0.1) is 0 Å². The molecular weight excluding hydrogens is 378 g/mol. The van der Waals surface area contributed by atoms with Gasteiger partial charge in [-0.25, -0.2) is 0 Å². The molecule has 0 radical (unpaired) electrons. The van der Waals surface area contributed by atoms with E-state index in [0.717, 1.165) is 82.8 Å². The van der Waals surface area contributed by atoms with Crippen LogP contribution in [0.25, 0.3) is 0 Å². The van der Waals surface area contributed by atoms with Crippen LogP contribution in [0.3, 0.4) is 0 Å². The fourth-order valence-electron chi connectivity index (χ4n) is 3.87. The molecule has 0 aromatic heterocycles. The third-order valence-corrected chi connectivity index (χ3v) is 5.78. The molecule has 2 saturated heterocycles. The van der Waals surface area contributed by atoms with Crippen LogP contribution in [0.2, 0.25) is 0 Å². The highest BCUT2D eigenvalue weighted by Crippen LogP contribution is 2.23. The summed E-state index contributed by atoms with van der Waals surface area (Å²) in [6.45, 7) is 12.5. The summed E-state index contributed by atoms with van der Waals surface area (Å²) in [4.78, 5) is 7.59. The first-order chi connectivity index (χ1) is 14.8. The normalized spacial score (nSPS) is 18.9. The third-order valence-electron chi connectivity index (χ3n) is 5.78. The quantitative estimate of drug-likeness (QED) is 0.632. The van der Waals surface area contributed by atoms with Crippen molar-refractivity contribution in [2.75, 3.05) is 78.7 Å². The molecule has 0 bridgehead atoms. The highest BCUT2D eigenvalue weighted by Gasteiger charge is 2.18. The highest BCUT2D eigenvalue weighted by molar-refractivity contribution is 5.35. The lowest BCUT2D eigenvalue weighted by Crippen LogP contribution is -2.50. The number of morpholine rings is 1. The molecule has 0 spiro atoms. The zero-order chi connectivity index (χ0) is 20.4. The summed E-state index contributed by atoms with van der Waals surface area (Å²) < 4.78 is 17.2. The first-order valence-electron chi connectivity index (χ1n) is 11.1. The summed E-state index contributed by atoms with van der Waals surface area (Å²) in [5.74, 6) is 2.55. The van der Waals surface area contributed by atoms with E-state index in [4.69, 9.17) is 14.2 Å². The average Bonchev–Trinajstić information content (AvgIpc) is 2.81. The smallest absolute Gasteiger partial charge is 0.127 e. The van der Waals surface area contributed by atoms with Crippen molar-refractivity contribution in [1.82, 2.24) is 14.7 Å². The molecule has 2 heterocycles. The number of piperazine rings is 1. The molecule has 0 atom stereocenters. The van der Waals surface area contributed by atoms with Gasteiger partial charge in [0, 0.05) is 58.9 Å². The number of benzene rings is 2. The van der Waals surface area contributed by atoms with Crippen molar-refractivity contribution in [1.29, 1.82) is 0 Å². The van der Waals surface area contributed by atoms with Gasteiger partial charge in [0.05, 0.1) is 13.2 Å². The van der Waals surface area contributed by atoms with Crippen molar-refractivity contribution in [3.05, 3.63) is 54.6 Å². The van der Waals surface area contributed by atoms with E-state index in [2.05, 4.69) is 14.7 Å². The number of hydrogen-bond donors (Lipinski definition) is 0. The zero-order valence-electron chi connectivity index (χ0n) is 17.7. The molecule has 4 rings (SSSR count). The molecule has 0 N–H and O–H groups in total. The number of hydrogen-bond acceptors (Lipinski definition) is 6. The van der Waals surface area contributed by atoms with Gasteiger partial charge in [-0.1, -0.05) is 18.2 Å². The Morgan fingerprint density at radius 1 is 0.600 bits per heavy atom. The zero-order valence-corrected chi connectivity index (χ0v) is 17.7. The maximum Gasteiger partial charge on any atom is 0.127 e. The van der Waals surface area contributed by atoms with Crippen LogP contribution < -0.4 is 9.47 Å². The highest BCUT2D eigenvalue weighted by atomic mass is 16.5. The summed E-state index contributed by atoms with van der Waals surface area (Å²) in [7, 11) is 0. The van der Waals surface area contributed by atoms with Gasteiger partial charge < -0.3 is 14.2 Å². The minimum Gasteiger partial charge on any atom is -0.492 e. The topological polar surface area (TPSA) is 37.4 Å². The predicted molar refractivity (Wildman–Crippen MR) is 119 cm³/mol. The Hall–Kier alpha value is -2.12. The summed E-state index contributed by atoms with van der Waals surface area (Å²) in [5, 5.41) is 0. The van der Waals surface area contributed by atoms with Gasteiger partial charge in [0.25, 0.3) is 0 Å². The minimum atomic E-state index is 0.715. The van der Waals surface area contributed by atoms with Gasteiger partial charge in [0.1, 0.15) is 23.9 Å². The van der Waals surface area contributed by atoms with E-state index in [1.807, 2.05) is 54.6 Å². The van der Waals surface area contributed by atoms with Gasteiger partial charge in [0.2, 0.25) is 0 Å². The van der Waals surface area contributed by atoms with E-state index in [-0.39, 0.29) is 0 Å². The lowest BCUT2D eigenvalue weighted by molar-refractivity contribution is 0.0295. The van der Waals surface area contributed by atoms with E-state index < -0.39 is 0 Å². The molecular formula is C24H33N3O3. The van der Waals surface area contributed by atoms with Crippen LogP contribution in [0.1, 0.15) is 0 Å². The maximum absolute atomic E-state index is 5.94. The second kappa shape index (κ2) is 11.3. The molecule has 0 aliphatic carbocycles. The van der Waals surface area contributed by atoms with E-state index >= 15 is 0 Å². The second-order valence-corrected chi connectivity index (χ2v) is 7.87. The Morgan fingerprint density at radius 2 is 1.13 bits per heavy atom. The standard InChI is InChI=1S/C24H33N3O3/c1-2-4-23(5-3-1)30-24-8-6-22(7-9-24)29-21-18-26-13-10-25(11-14-26)12-15-27-16-19-28-20-17-27/h1-9H,10-21H2. The first-order valence-corrected chi connectivity index (χ1v) is 11.1. The Kier molecular flexibility index (Phi) is 7.97. The molecule has 2 fully saturated rings. The van der Waals surface area contributed by atoms with Gasteiger partial charge in [0.15, 0.2) is 0 Å². The first kappa shape index (κ1) is 21.1. The van der Waals surface area contributed by atoms with Crippen molar-refractivity contribution in [3.8, 4) is 17.2 Å². The van der Waals surface area contributed by atoms with Crippen molar-refractivity contribution in [2.45, 2.75) is 0 Å². The lowest BCUT2D eigenvalue weighted by atomic mass is 10.3.